The Labute approximate surface area is 247 Å². The number of likely N-dealkylation sites (N-methyl/N-ethyl adjacent to an activating group) is 1. The van der Waals surface area contributed by atoms with Gasteiger partial charge in [0.05, 0.1) is 18.8 Å². The molecule has 0 aliphatic heterocycles. The molecular weight excluding hydrogens is 457 g/mol. The summed E-state index contributed by atoms with van der Waals surface area (Å²) in [6, 6.07) is 0. The van der Waals surface area contributed by atoms with Crippen molar-refractivity contribution in [3.05, 3.63) is 0 Å². The van der Waals surface area contributed by atoms with Gasteiger partial charge in [-0.1, -0.05) is 20.8 Å². The van der Waals surface area contributed by atoms with Crippen LogP contribution in [0.1, 0.15) is 78.6 Å². The monoisotopic (exact) mass is 501 g/mol. The van der Waals surface area contributed by atoms with Gasteiger partial charge in [-0.25, -0.2) is 0 Å². The van der Waals surface area contributed by atoms with Gasteiger partial charge in [0.2, 0.25) is 0 Å². The molecule has 0 heterocycles. The molecule has 0 aromatic heterocycles. The summed E-state index contributed by atoms with van der Waals surface area (Å²) in [4.78, 5) is 24.3. The Bertz CT molecular complexity index is 763. The van der Waals surface area contributed by atoms with Crippen molar-refractivity contribution < 1.29 is 76.3 Å². The van der Waals surface area contributed by atoms with Gasteiger partial charge in [0, 0.05) is 11.9 Å². The number of fused-ring (bicyclic) bond motifs is 5. The van der Waals surface area contributed by atoms with Crippen LogP contribution in [-0.2, 0) is 9.59 Å². The number of aliphatic hydroxyl groups excluding tert-OH is 2. The molecular formula is C27H44KNO5. The van der Waals surface area contributed by atoms with Crippen LogP contribution in [0.5, 0.6) is 0 Å². The molecule has 4 unspecified atom stereocenters. The number of hydrogen-bond acceptors (Lipinski definition) is 6. The maximum absolute atomic E-state index is 13.2. The summed E-state index contributed by atoms with van der Waals surface area (Å²) in [5.41, 5.74) is -0.383. The Hall–Kier alpha value is 0.656. The molecule has 188 valence electrons. The molecule has 7 heteroatoms. The number of carboxylic acid groups (broad SMARTS) is 1. The van der Waals surface area contributed by atoms with Crippen molar-refractivity contribution in [1.29, 1.82) is 0 Å². The molecule has 6 nitrogen and oxygen atoms in total. The Morgan fingerprint density at radius 1 is 1.03 bits per heavy atom. The maximum Gasteiger partial charge on any atom is 1.00 e. The van der Waals surface area contributed by atoms with Gasteiger partial charge in [-0.3, -0.25) is 4.79 Å². The van der Waals surface area contributed by atoms with E-state index in [2.05, 4.69) is 26.1 Å². The fourth-order valence-corrected chi connectivity index (χ4v) is 9.59. The predicted octanol–water partition coefficient (Wildman–Crippen LogP) is -0.838. The number of carboxylic acids is 1. The fraction of sp³-hybridized carbons (Fsp3) is 0.926. The average Bonchev–Trinajstić information content (AvgIpc) is 3.12. The average molecular weight is 502 g/mol. The third kappa shape index (κ3) is 4.79. The van der Waals surface area contributed by atoms with E-state index in [4.69, 9.17) is 0 Å². The van der Waals surface area contributed by atoms with Gasteiger partial charge in [0.15, 0.2) is 0 Å². The molecule has 0 radical (unpaired) electrons. The minimum Gasteiger partial charge on any atom is -0.550 e. The number of carbonyl (C=O) groups excluding carboxylic acids is 2. The van der Waals surface area contributed by atoms with Crippen LogP contribution < -0.4 is 61.8 Å². The number of aliphatic carboxylic acids is 1. The van der Waals surface area contributed by atoms with Gasteiger partial charge in [-0.15, -0.1) is 0 Å². The Morgan fingerprint density at radius 2 is 1.74 bits per heavy atom. The van der Waals surface area contributed by atoms with E-state index in [1.807, 2.05) is 0 Å². The zero-order valence-electron chi connectivity index (χ0n) is 21.9. The van der Waals surface area contributed by atoms with E-state index in [9.17, 15) is 24.9 Å². The van der Waals surface area contributed by atoms with Crippen molar-refractivity contribution >= 4 is 11.8 Å². The first-order chi connectivity index (χ1) is 15.5. The minimum absolute atomic E-state index is 0. The van der Waals surface area contributed by atoms with Crippen LogP contribution in [0.2, 0.25) is 0 Å². The van der Waals surface area contributed by atoms with Crippen molar-refractivity contribution in [3.8, 4) is 0 Å². The SMILES string of the molecule is CNCC(=O)C1C[C@@H](O)C[C@H]2CCC3C(C[C@H](O)[C@@]4(C)C3CC[C@@H]4[C@H](C)CCC(=O)[O-])[C@@]12C.[K+]. The molecule has 4 aliphatic rings. The minimum atomic E-state index is -0.992. The predicted molar refractivity (Wildman–Crippen MR) is 124 cm³/mol. The molecule has 0 bridgehead atoms. The third-order valence-corrected chi connectivity index (χ3v) is 11.2. The summed E-state index contributed by atoms with van der Waals surface area (Å²) in [6.45, 7) is 7.03. The number of ketones is 1. The molecule has 11 atom stereocenters. The van der Waals surface area contributed by atoms with Gasteiger partial charge in [0.25, 0.3) is 0 Å². The van der Waals surface area contributed by atoms with Crippen molar-refractivity contribution in [2.45, 2.75) is 90.8 Å². The first kappa shape index (κ1) is 29.2. The third-order valence-electron chi connectivity index (χ3n) is 11.2. The molecule has 4 aliphatic carbocycles. The molecule has 0 aromatic carbocycles. The van der Waals surface area contributed by atoms with Crippen LogP contribution in [0.4, 0.5) is 0 Å². The molecule has 0 spiro atoms. The second-order valence-corrected chi connectivity index (χ2v) is 12.4. The van der Waals surface area contributed by atoms with E-state index < -0.39 is 18.2 Å². The molecule has 4 fully saturated rings. The van der Waals surface area contributed by atoms with Crippen LogP contribution in [0.3, 0.4) is 0 Å². The van der Waals surface area contributed by atoms with Gasteiger partial charge >= 0.3 is 51.4 Å². The van der Waals surface area contributed by atoms with Crippen LogP contribution in [0.15, 0.2) is 0 Å². The van der Waals surface area contributed by atoms with E-state index in [-0.39, 0.29) is 86.3 Å². The number of carbonyl (C=O) groups is 2. The Kier molecular flexibility index (Phi) is 9.61. The van der Waals surface area contributed by atoms with Gasteiger partial charge in [0.1, 0.15) is 5.78 Å². The van der Waals surface area contributed by atoms with E-state index >= 15 is 0 Å². The van der Waals surface area contributed by atoms with E-state index in [1.165, 1.54) is 0 Å². The number of aliphatic hydroxyl groups is 2. The van der Waals surface area contributed by atoms with Crippen LogP contribution in [0.25, 0.3) is 0 Å². The van der Waals surface area contributed by atoms with Gasteiger partial charge < -0.3 is 25.4 Å². The summed E-state index contributed by atoms with van der Waals surface area (Å²) < 4.78 is 0. The van der Waals surface area contributed by atoms with Gasteiger partial charge in [-0.05, 0) is 111 Å². The van der Waals surface area contributed by atoms with Crippen LogP contribution in [-0.4, -0.2) is 47.8 Å². The summed E-state index contributed by atoms with van der Waals surface area (Å²) >= 11 is 0. The topological polar surface area (TPSA) is 110 Å². The van der Waals surface area contributed by atoms with E-state index in [0.717, 1.165) is 32.1 Å². The van der Waals surface area contributed by atoms with Crippen molar-refractivity contribution in [1.82, 2.24) is 5.32 Å². The molecule has 0 saturated heterocycles. The zero-order chi connectivity index (χ0) is 24.1. The summed E-state index contributed by atoms with van der Waals surface area (Å²) in [7, 11) is 1.80. The van der Waals surface area contributed by atoms with Crippen molar-refractivity contribution in [2.75, 3.05) is 13.6 Å². The fourth-order valence-electron chi connectivity index (χ4n) is 9.59. The first-order valence-electron chi connectivity index (χ1n) is 13.3. The van der Waals surface area contributed by atoms with Crippen LogP contribution in [0, 0.1) is 52.3 Å². The molecule has 0 amide bonds. The van der Waals surface area contributed by atoms with Crippen molar-refractivity contribution in [3.63, 3.8) is 0 Å². The molecule has 34 heavy (non-hydrogen) atoms. The molecule has 0 aromatic rings. The number of hydrogen-bond donors (Lipinski definition) is 3. The maximum atomic E-state index is 13.2. The van der Waals surface area contributed by atoms with Crippen LogP contribution >= 0.6 is 0 Å². The second kappa shape index (κ2) is 11.2. The van der Waals surface area contributed by atoms with Gasteiger partial charge in [-0.2, -0.15) is 0 Å². The smallest absolute Gasteiger partial charge is 0.550 e. The summed E-state index contributed by atoms with van der Waals surface area (Å²) in [5, 5.41) is 36.4. The van der Waals surface area contributed by atoms with E-state index in [0.29, 0.717) is 55.4 Å². The Morgan fingerprint density at radius 3 is 2.38 bits per heavy atom. The zero-order valence-corrected chi connectivity index (χ0v) is 25.0. The van der Waals surface area contributed by atoms with E-state index in [1.54, 1.807) is 7.05 Å². The summed E-state index contributed by atoms with van der Waals surface area (Å²) in [5.74, 6) is 1.11. The second-order valence-electron chi connectivity index (χ2n) is 12.4. The first-order valence-corrected chi connectivity index (χ1v) is 13.3. The summed E-state index contributed by atoms with van der Waals surface area (Å²) in [6.07, 6.45) is 6.13. The number of rotatable bonds is 7. The number of Topliss-reactive ketones (excluding diaryl/α,β-unsaturated/α-hetero) is 1. The standard InChI is InChI=1S/C27H45NO5.K/c1-15(5-10-25(32)33)19-8-9-20-18-7-6-16-11-17(29)12-22(23(30)14-28-4)26(16,2)21(18)13-24(31)27(19,20)3;/h15-22,24,28-29,31H,5-14H2,1-4H3,(H,32,33);/q;+1/p-1/t15-,16-,17+,18?,19-,20?,21?,22?,24+,26+,27-;/m1./s1. The number of nitrogens with one attached hydrogen (secondary N) is 1. The normalized spacial score (nSPS) is 46.4. The molecule has 4 saturated carbocycles. The van der Waals surface area contributed by atoms with Crippen molar-refractivity contribution in [2.24, 2.45) is 52.3 Å². The largest absolute Gasteiger partial charge is 1.00 e. The molecule has 3 N–H and O–H groups in total. The quantitative estimate of drug-likeness (QED) is 0.393. The Balaban J connectivity index is 0.00000324. The molecule has 4 rings (SSSR count).